The minimum Gasteiger partial charge on any atom is -0.376 e. The summed E-state index contributed by atoms with van der Waals surface area (Å²) >= 11 is 0. The van der Waals surface area contributed by atoms with Gasteiger partial charge in [0.2, 0.25) is 0 Å². The fraction of sp³-hybridized carbons (Fsp3) is 0.364. The number of aromatic nitrogens is 2. The summed E-state index contributed by atoms with van der Waals surface area (Å²) in [6, 6.07) is 12.8. The highest BCUT2D eigenvalue weighted by atomic mass is 32.2. The average molecular weight is 425 g/mol. The summed E-state index contributed by atoms with van der Waals surface area (Å²) in [5.74, 6) is 0.974. The number of ether oxygens (including phenoxy) is 1. The van der Waals surface area contributed by atoms with Crippen molar-refractivity contribution in [3.05, 3.63) is 53.6 Å². The normalized spacial score (nSPS) is 18.9. The van der Waals surface area contributed by atoms with Gasteiger partial charge in [-0.1, -0.05) is 18.2 Å². The first-order valence-corrected chi connectivity index (χ1v) is 11.6. The summed E-state index contributed by atoms with van der Waals surface area (Å²) in [4.78, 5) is 11.7. The second-order valence-electron chi connectivity index (χ2n) is 7.96. The molecule has 2 aliphatic heterocycles. The number of aryl methyl sites for hydroxylation is 2. The van der Waals surface area contributed by atoms with Crippen LogP contribution in [0.5, 0.6) is 0 Å². The number of benzene rings is 2. The number of fused-ring (bicyclic) bond motifs is 2. The molecular formula is C22H24N4O3S. The highest BCUT2D eigenvalue weighted by Crippen LogP contribution is 2.38. The number of rotatable bonds is 4. The molecule has 1 aromatic heterocycles. The summed E-state index contributed by atoms with van der Waals surface area (Å²) in [5.41, 5.74) is 3.42. The lowest BCUT2D eigenvalue weighted by atomic mass is 10.1. The van der Waals surface area contributed by atoms with Gasteiger partial charge < -0.3 is 9.64 Å². The molecule has 2 aromatic carbocycles. The second kappa shape index (κ2) is 7.21. The Kier molecular flexibility index (Phi) is 4.63. The Hall–Kier alpha value is -2.71. The van der Waals surface area contributed by atoms with Gasteiger partial charge in [0.05, 0.1) is 22.0 Å². The molecule has 2 aliphatic rings. The Bertz CT molecular complexity index is 1220. The number of para-hydroxylation sites is 2. The van der Waals surface area contributed by atoms with Crippen molar-refractivity contribution in [1.82, 2.24) is 9.97 Å². The van der Waals surface area contributed by atoms with Gasteiger partial charge in [-0.25, -0.2) is 22.7 Å². The van der Waals surface area contributed by atoms with Crippen molar-refractivity contribution >= 4 is 32.7 Å². The van der Waals surface area contributed by atoms with Crippen LogP contribution in [0.3, 0.4) is 0 Å². The molecule has 0 radical (unpaired) electrons. The van der Waals surface area contributed by atoms with Crippen molar-refractivity contribution in [2.75, 3.05) is 29.0 Å². The van der Waals surface area contributed by atoms with Crippen molar-refractivity contribution in [3.8, 4) is 0 Å². The van der Waals surface area contributed by atoms with Crippen molar-refractivity contribution < 1.29 is 13.2 Å². The summed E-state index contributed by atoms with van der Waals surface area (Å²) in [5, 5.41) is 0. The fourth-order valence-electron chi connectivity index (χ4n) is 4.02. The smallest absolute Gasteiger partial charge is 0.267 e. The van der Waals surface area contributed by atoms with Crippen LogP contribution in [-0.2, 0) is 14.8 Å². The molecular weight excluding hydrogens is 400 g/mol. The van der Waals surface area contributed by atoms with Gasteiger partial charge in [-0.3, -0.25) is 0 Å². The molecule has 0 saturated carbocycles. The molecule has 3 heterocycles. The van der Waals surface area contributed by atoms with E-state index in [1.807, 2.05) is 49.1 Å². The highest BCUT2D eigenvalue weighted by Gasteiger charge is 2.39. The molecule has 3 aromatic rings. The van der Waals surface area contributed by atoms with Crippen LogP contribution in [0.1, 0.15) is 24.0 Å². The second-order valence-corrected chi connectivity index (χ2v) is 9.82. The van der Waals surface area contributed by atoms with E-state index in [9.17, 15) is 8.42 Å². The number of hydrogen-bond acceptors (Lipinski definition) is 6. The largest absolute Gasteiger partial charge is 0.376 e. The number of sulfonamides is 1. The van der Waals surface area contributed by atoms with E-state index in [1.165, 1.54) is 4.31 Å². The van der Waals surface area contributed by atoms with Crippen molar-refractivity contribution in [2.24, 2.45) is 0 Å². The van der Waals surface area contributed by atoms with Crippen LogP contribution in [0.15, 0.2) is 47.4 Å². The van der Waals surface area contributed by atoms with Gasteiger partial charge >= 0.3 is 0 Å². The van der Waals surface area contributed by atoms with E-state index < -0.39 is 10.0 Å². The Balaban J connectivity index is 1.60. The minimum atomic E-state index is -3.78. The lowest BCUT2D eigenvalue weighted by molar-refractivity contribution is 0.116. The quantitative estimate of drug-likeness (QED) is 0.639. The molecule has 1 atom stereocenters. The van der Waals surface area contributed by atoms with Crippen LogP contribution in [-0.4, -0.2) is 44.3 Å². The molecule has 1 saturated heterocycles. The van der Waals surface area contributed by atoms with Crippen molar-refractivity contribution in [2.45, 2.75) is 37.7 Å². The maximum absolute atomic E-state index is 13.6. The molecule has 0 amide bonds. The first-order chi connectivity index (χ1) is 14.4. The van der Waals surface area contributed by atoms with Crippen LogP contribution in [0.25, 0.3) is 11.0 Å². The average Bonchev–Trinajstić information content (AvgIpc) is 3.37. The van der Waals surface area contributed by atoms with Gasteiger partial charge in [-0.05, 0) is 62.1 Å². The molecule has 8 heteroatoms. The first-order valence-electron chi connectivity index (χ1n) is 10.2. The molecule has 0 unspecified atom stereocenters. The van der Waals surface area contributed by atoms with Crippen molar-refractivity contribution in [1.29, 1.82) is 0 Å². The van der Waals surface area contributed by atoms with Gasteiger partial charge in [-0.2, -0.15) is 0 Å². The maximum atomic E-state index is 13.6. The van der Waals surface area contributed by atoms with Gasteiger partial charge in [0.25, 0.3) is 10.0 Å². The van der Waals surface area contributed by atoms with E-state index in [0.717, 1.165) is 36.1 Å². The highest BCUT2D eigenvalue weighted by molar-refractivity contribution is 7.92. The topological polar surface area (TPSA) is 75.6 Å². The summed E-state index contributed by atoms with van der Waals surface area (Å²) in [7, 11) is -3.78. The molecule has 7 nitrogen and oxygen atoms in total. The first kappa shape index (κ1) is 19.3. The monoisotopic (exact) mass is 424 g/mol. The van der Waals surface area contributed by atoms with Crippen LogP contribution in [0, 0.1) is 13.8 Å². The predicted molar refractivity (Wildman–Crippen MR) is 116 cm³/mol. The Labute approximate surface area is 176 Å². The van der Waals surface area contributed by atoms with Gasteiger partial charge in [-0.15, -0.1) is 0 Å². The summed E-state index contributed by atoms with van der Waals surface area (Å²) in [6.45, 7) is 5.42. The molecule has 5 rings (SSSR count). The Morgan fingerprint density at radius 3 is 2.43 bits per heavy atom. The third kappa shape index (κ3) is 3.20. The van der Waals surface area contributed by atoms with E-state index >= 15 is 0 Å². The number of hydrogen-bond donors (Lipinski definition) is 0. The minimum absolute atomic E-state index is 0.0791. The maximum Gasteiger partial charge on any atom is 0.267 e. The zero-order valence-electron chi connectivity index (χ0n) is 17.1. The van der Waals surface area contributed by atoms with Crippen LogP contribution < -0.4 is 9.21 Å². The Morgan fingerprint density at radius 2 is 1.77 bits per heavy atom. The third-order valence-corrected chi connectivity index (χ3v) is 7.60. The number of nitrogens with zero attached hydrogens (tertiary/aromatic N) is 4. The van der Waals surface area contributed by atoms with E-state index in [0.29, 0.717) is 23.7 Å². The molecule has 0 bridgehead atoms. The molecule has 30 heavy (non-hydrogen) atoms. The molecule has 1 fully saturated rings. The zero-order chi connectivity index (χ0) is 20.9. The van der Waals surface area contributed by atoms with E-state index in [1.54, 1.807) is 12.1 Å². The summed E-state index contributed by atoms with van der Waals surface area (Å²) < 4.78 is 34.3. The van der Waals surface area contributed by atoms with Gasteiger partial charge in [0, 0.05) is 13.2 Å². The lowest BCUT2D eigenvalue weighted by Crippen LogP contribution is -2.39. The van der Waals surface area contributed by atoms with Gasteiger partial charge in [0.1, 0.15) is 6.67 Å². The lowest BCUT2D eigenvalue weighted by Gasteiger charge is -2.23. The molecule has 0 spiro atoms. The predicted octanol–water partition coefficient (Wildman–Crippen LogP) is 3.40. The molecule has 0 aliphatic carbocycles. The van der Waals surface area contributed by atoms with E-state index in [-0.39, 0.29) is 17.7 Å². The standard InChI is InChI=1S/C22H24N4O3S/c1-15-9-10-18(12-16(15)2)30(27,28)26-14-25(13-17-6-5-11-29-17)21-22(26)24-20-8-4-3-7-19(20)23-21/h3-4,7-10,12,17H,5-6,11,13-14H2,1-2H3/t17-/m0/s1. The van der Waals surface area contributed by atoms with E-state index in [2.05, 4.69) is 0 Å². The zero-order valence-corrected chi connectivity index (χ0v) is 17.9. The SMILES string of the molecule is Cc1ccc(S(=O)(=O)N2CN(C[C@@H]3CCCO3)c3nc4ccccc4nc32)cc1C. The van der Waals surface area contributed by atoms with Crippen LogP contribution in [0.4, 0.5) is 11.6 Å². The van der Waals surface area contributed by atoms with E-state index in [4.69, 9.17) is 14.7 Å². The Morgan fingerprint density at radius 1 is 1.03 bits per heavy atom. The van der Waals surface area contributed by atoms with Crippen LogP contribution in [0.2, 0.25) is 0 Å². The third-order valence-electron chi connectivity index (χ3n) is 5.88. The van der Waals surface area contributed by atoms with Gasteiger partial charge in [0.15, 0.2) is 11.6 Å². The van der Waals surface area contributed by atoms with Crippen molar-refractivity contribution in [3.63, 3.8) is 0 Å². The summed E-state index contributed by atoms with van der Waals surface area (Å²) in [6.07, 6.45) is 2.08. The fourth-order valence-corrected chi connectivity index (χ4v) is 5.48. The molecule has 156 valence electrons. The van der Waals surface area contributed by atoms with Crippen LogP contribution >= 0.6 is 0 Å². The number of anilines is 2. The molecule has 0 N–H and O–H groups in total.